The highest BCUT2D eigenvalue weighted by atomic mass is 28.3. The summed E-state index contributed by atoms with van der Waals surface area (Å²) in [6, 6.07) is 92.1. The maximum Gasteiger partial charge on any atom is 0.116 e. The first-order chi connectivity index (χ1) is 27.8. The molecule has 0 heterocycles. The van der Waals surface area contributed by atoms with E-state index in [-0.39, 0.29) is 0 Å². The number of rotatable bonds is 12. The van der Waals surface area contributed by atoms with Gasteiger partial charge >= 0.3 is 0 Å². The minimum absolute atomic E-state index is 0.586. The Kier molecular flexibility index (Phi) is 10.3. The van der Waals surface area contributed by atoms with E-state index in [4.69, 9.17) is 0 Å². The first-order valence-electron chi connectivity index (χ1n) is 20.3. The Morgan fingerprint density at radius 3 is 0.404 bits per heavy atom. The van der Waals surface area contributed by atoms with Gasteiger partial charge in [-0.25, -0.2) is 0 Å². The summed E-state index contributed by atoms with van der Waals surface area (Å²) >= 11 is 0. The van der Waals surface area contributed by atoms with Crippen molar-refractivity contribution < 1.29 is 0 Å². The summed E-state index contributed by atoms with van der Waals surface area (Å²) in [4.78, 5) is 0. The van der Waals surface area contributed by atoms with Crippen molar-refractivity contribution in [2.24, 2.45) is 0 Å². The molecule has 0 aliphatic heterocycles. The Bertz CT molecular complexity index is 1950. The Morgan fingerprint density at radius 1 is 0.193 bits per heavy atom. The molecule has 0 unspecified atom stereocenters. The van der Waals surface area contributed by atoms with Crippen LogP contribution in [0.15, 0.2) is 243 Å². The minimum atomic E-state index is -3.74. The standard InChI is InChI=1S/C56H52Si/c1-53(45-29-13-5-14-30-45,46-31-15-6-16-32-46)57(54(2,47-33-17-7-18-34-47)48-35-19-8-20-36-48,55(3,49-37-21-9-22-38-49)50-39-23-10-24-40-50)56(4,51-41-25-11-26-42-51)52-43-27-12-28-44-52/h5-44H,1-4H3. The van der Waals surface area contributed by atoms with Gasteiger partial charge in [-0.15, -0.1) is 0 Å². The van der Waals surface area contributed by atoms with Crippen molar-refractivity contribution in [3.63, 3.8) is 0 Å². The molecule has 0 amide bonds. The molecule has 8 aromatic rings. The molecule has 0 spiro atoms. The Hall–Kier alpha value is -6.02. The zero-order valence-electron chi connectivity index (χ0n) is 33.6. The van der Waals surface area contributed by atoms with Gasteiger partial charge in [-0.1, -0.05) is 270 Å². The molecule has 0 bridgehead atoms. The lowest BCUT2D eigenvalue weighted by molar-refractivity contribution is 0.508. The second-order valence-corrected chi connectivity index (χ2v) is 21.7. The van der Waals surface area contributed by atoms with E-state index < -0.39 is 28.2 Å². The van der Waals surface area contributed by atoms with Gasteiger partial charge in [-0.3, -0.25) is 0 Å². The lowest BCUT2D eigenvalue weighted by Gasteiger charge is -2.72. The van der Waals surface area contributed by atoms with Crippen LogP contribution in [0.3, 0.4) is 0 Å². The van der Waals surface area contributed by atoms with E-state index in [1.807, 2.05) is 0 Å². The van der Waals surface area contributed by atoms with E-state index in [0.717, 1.165) is 0 Å². The molecular weight excluding hydrogens is 701 g/mol. The van der Waals surface area contributed by atoms with Crippen LogP contribution in [0.5, 0.6) is 0 Å². The van der Waals surface area contributed by atoms with Crippen LogP contribution in [-0.4, -0.2) is 8.07 Å². The van der Waals surface area contributed by atoms with E-state index in [1.165, 1.54) is 44.5 Å². The maximum atomic E-state index is 2.63. The molecule has 0 aliphatic rings. The molecule has 0 atom stereocenters. The van der Waals surface area contributed by atoms with E-state index in [1.54, 1.807) is 0 Å². The second kappa shape index (κ2) is 15.5. The predicted octanol–water partition coefficient (Wildman–Crippen LogP) is 13.6. The fraction of sp³-hybridized carbons (Fsp3) is 0.143. The molecule has 57 heavy (non-hydrogen) atoms. The summed E-state index contributed by atoms with van der Waals surface area (Å²) in [6.07, 6.45) is 0. The Morgan fingerprint density at radius 2 is 0.298 bits per heavy atom. The number of benzene rings is 8. The Labute approximate surface area is 341 Å². The van der Waals surface area contributed by atoms with Crippen LogP contribution in [0.25, 0.3) is 0 Å². The molecule has 0 N–H and O–H groups in total. The average molecular weight is 753 g/mol. The molecule has 8 aromatic carbocycles. The zero-order valence-corrected chi connectivity index (χ0v) is 34.6. The smallest absolute Gasteiger partial charge is 0.0622 e. The first kappa shape index (κ1) is 37.9. The SMILES string of the molecule is CC(c1ccccc1)(c1ccccc1)[Si](C(C)(c1ccccc1)c1ccccc1)(C(C)(c1ccccc1)c1ccccc1)C(C)(c1ccccc1)c1ccccc1. The number of hydrogen-bond acceptors (Lipinski definition) is 0. The van der Waals surface area contributed by atoms with Crippen LogP contribution in [-0.2, 0) is 20.2 Å². The molecule has 8 rings (SSSR count). The van der Waals surface area contributed by atoms with Gasteiger partial charge in [0, 0.05) is 20.2 Å². The summed E-state index contributed by atoms with van der Waals surface area (Å²) in [5.41, 5.74) is 10.5. The van der Waals surface area contributed by atoms with Gasteiger partial charge < -0.3 is 0 Å². The number of hydrogen-bond donors (Lipinski definition) is 0. The quantitative estimate of drug-likeness (QED) is 0.109. The summed E-state index contributed by atoms with van der Waals surface area (Å²) in [7, 11) is -3.74. The lowest BCUT2D eigenvalue weighted by Crippen LogP contribution is -2.85. The van der Waals surface area contributed by atoms with Crippen molar-refractivity contribution in [3.05, 3.63) is 287 Å². The average Bonchev–Trinajstić information content (AvgIpc) is 3.31. The second-order valence-electron chi connectivity index (χ2n) is 16.2. The normalized spacial score (nSPS) is 12.6. The van der Waals surface area contributed by atoms with Crippen molar-refractivity contribution in [2.75, 3.05) is 0 Å². The Balaban J connectivity index is 1.81. The van der Waals surface area contributed by atoms with Crippen molar-refractivity contribution >= 4 is 8.07 Å². The topological polar surface area (TPSA) is 0 Å². The summed E-state index contributed by atoms with van der Waals surface area (Å²) in [5, 5.41) is -2.35. The van der Waals surface area contributed by atoms with Gasteiger partial charge in [-0.05, 0) is 44.5 Å². The maximum absolute atomic E-state index is 3.74. The summed E-state index contributed by atoms with van der Waals surface area (Å²) in [6.45, 7) is 10.5. The monoisotopic (exact) mass is 752 g/mol. The zero-order chi connectivity index (χ0) is 39.4. The van der Waals surface area contributed by atoms with Crippen LogP contribution in [0, 0.1) is 0 Å². The highest BCUT2D eigenvalue weighted by Gasteiger charge is 2.78. The van der Waals surface area contributed by atoms with Crippen molar-refractivity contribution in [3.8, 4) is 0 Å². The molecule has 0 saturated carbocycles. The minimum Gasteiger partial charge on any atom is -0.0622 e. The molecule has 1 heteroatoms. The van der Waals surface area contributed by atoms with Gasteiger partial charge in [0.2, 0.25) is 0 Å². The van der Waals surface area contributed by atoms with Crippen LogP contribution in [0.2, 0.25) is 0 Å². The third-order valence-corrected chi connectivity index (χ3v) is 22.1. The van der Waals surface area contributed by atoms with Gasteiger partial charge in [0.25, 0.3) is 0 Å². The highest BCUT2D eigenvalue weighted by Crippen LogP contribution is 2.69. The fourth-order valence-electron chi connectivity index (χ4n) is 11.6. The van der Waals surface area contributed by atoms with E-state index in [9.17, 15) is 0 Å². The molecule has 0 radical (unpaired) electrons. The summed E-state index contributed by atoms with van der Waals surface area (Å²) < 4.78 is 0. The third kappa shape index (κ3) is 5.71. The molecule has 0 nitrogen and oxygen atoms in total. The summed E-state index contributed by atoms with van der Waals surface area (Å²) in [5.74, 6) is 0. The van der Waals surface area contributed by atoms with Gasteiger partial charge in [-0.2, -0.15) is 0 Å². The van der Waals surface area contributed by atoms with Crippen molar-refractivity contribution in [1.29, 1.82) is 0 Å². The first-order valence-corrected chi connectivity index (χ1v) is 22.3. The van der Waals surface area contributed by atoms with Crippen LogP contribution in [0.4, 0.5) is 0 Å². The van der Waals surface area contributed by atoms with E-state index in [2.05, 4.69) is 270 Å². The van der Waals surface area contributed by atoms with E-state index in [0.29, 0.717) is 0 Å². The molecule has 0 aromatic heterocycles. The molecule has 280 valence electrons. The molecular formula is C56H52Si. The van der Waals surface area contributed by atoms with Crippen molar-refractivity contribution in [1.82, 2.24) is 0 Å². The predicted molar refractivity (Wildman–Crippen MR) is 243 cm³/mol. The molecule has 0 aliphatic carbocycles. The van der Waals surface area contributed by atoms with Crippen LogP contribution < -0.4 is 0 Å². The van der Waals surface area contributed by atoms with Gasteiger partial charge in [0.15, 0.2) is 0 Å². The fourth-order valence-corrected chi connectivity index (χ4v) is 22.4. The highest BCUT2D eigenvalue weighted by molar-refractivity contribution is 6.92. The van der Waals surface area contributed by atoms with Gasteiger partial charge in [0.1, 0.15) is 8.07 Å². The largest absolute Gasteiger partial charge is 0.116 e. The molecule has 0 fully saturated rings. The molecule has 0 saturated heterocycles. The van der Waals surface area contributed by atoms with E-state index >= 15 is 0 Å². The van der Waals surface area contributed by atoms with Crippen LogP contribution >= 0.6 is 0 Å². The lowest BCUT2D eigenvalue weighted by atomic mass is 9.87. The van der Waals surface area contributed by atoms with Gasteiger partial charge in [0.05, 0.1) is 0 Å². The van der Waals surface area contributed by atoms with Crippen LogP contribution in [0.1, 0.15) is 72.2 Å². The van der Waals surface area contributed by atoms with Crippen molar-refractivity contribution in [2.45, 2.75) is 47.8 Å². The third-order valence-electron chi connectivity index (χ3n) is 13.8.